The Bertz CT molecular complexity index is 107. The lowest BCUT2D eigenvalue weighted by molar-refractivity contribution is 0.368. The second-order valence-electron chi connectivity index (χ2n) is 4.94. The summed E-state index contributed by atoms with van der Waals surface area (Å²) in [5, 5.41) is 0. The van der Waals surface area contributed by atoms with Gasteiger partial charge in [0.2, 0.25) is 0 Å². The van der Waals surface area contributed by atoms with E-state index in [0.29, 0.717) is 0 Å². The van der Waals surface area contributed by atoms with Gasteiger partial charge >= 0.3 is 0 Å². The number of unbranched alkanes of at least 4 members (excludes halogenated alkanes) is 3. The molecule has 0 N–H and O–H groups in total. The molecule has 0 nitrogen and oxygen atoms in total. The Morgan fingerprint density at radius 3 is 2.14 bits per heavy atom. The maximum Gasteiger partial charge on any atom is -0.0440 e. The largest absolute Gasteiger partial charge is 0.0654 e. The van der Waals surface area contributed by atoms with Crippen LogP contribution in [0.2, 0.25) is 0 Å². The highest BCUT2D eigenvalue weighted by Crippen LogP contribution is 2.21. The highest BCUT2D eigenvalue weighted by Gasteiger charge is 2.07. The van der Waals surface area contributed by atoms with Gasteiger partial charge in [0.1, 0.15) is 0 Å². The summed E-state index contributed by atoms with van der Waals surface area (Å²) in [4.78, 5) is 0. The van der Waals surface area contributed by atoms with E-state index in [2.05, 4.69) is 27.7 Å². The molecule has 0 rings (SSSR count). The fraction of sp³-hybridized carbons (Fsp3) is 0.929. The van der Waals surface area contributed by atoms with E-state index in [1.807, 2.05) is 0 Å². The van der Waals surface area contributed by atoms with Crippen LogP contribution in [0.1, 0.15) is 72.1 Å². The molecule has 0 heteroatoms. The first-order chi connectivity index (χ1) is 6.70. The van der Waals surface area contributed by atoms with E-state index < -0.39 is 0 Å². The molecule has 0 fully saturated rings. The summed E-state index contributed by atoms with van der Waals surface area (Å²) in [6, 6.07) is 0. The molecular weight excluding hydrogens is 168 g/mol. The number of hydrogen-bond donors (Lipinski definition) is 0. The van der Waals surface area contributed by atoms with Crippen molar-refractivity contribution in [1.82, 2.24) is 0 Å². The quantitative estimate of drug-likeness (QED) is 0.444. The Labute approximate surface area is 91.5 Å². The van der Waals surface area contributed by atoms with Gasteiger partial charge in [0, 0.05) is 0 Å². The van der Waals surface area contributed by atoms with Crippen molar-refractivity contribution in [3.63, 3.8) is 0 Å². The van der Waals surface area contributed by atoms with E-state index in [1.54, 1.807) is 0 Å². The molecule has 0 spiro atoms. The van der Waals surface area contributed by atoms with Crippen molar-refractivity contribution in [3.8, 4) is 0 Å². The van der Waals surface area contributed by atoms with E-state index in [4.69, 9.17) is 0 Å². The molecule has 0 aromatic carbocycles. The minimum absolute atomic E-state index is 0.883. The zero-order valence-corrected chi connectivity index (χ0v) is 10.5. The molecule has 2 atom stereocenters. The van der Waals surface area contributed by atoms with Crippen molar-refractivity contribution >= 4 is 0 Å². The van der Waals surface area contributed by atoms with Gasteiger partial charge in [0.25, 0.3) is 0 Å². The van der Waals surface area contributed by atoms with Crippen molar-refractivity contribution in [2.24, 2.45) is 11.8 Å². The molecule has 14 heavy (non-hydrogen) atoms. The summed E-state index contributed by atoms with van der Waals surface area (Å²) in [6.45, 7) is 11.0. The van der Waals surface area contributed by atoms with Crippen molar-refractivity contribution in [1.29, 1.82) is 0 Å². The molecule has 0 saturated carbocycles. The fourth-order valence-electron chi connectivity index (χ4n) is 2.19. The predicted molar refractivity (Wildman–Crippen MR) is 66.3 cm³/mol. The van der Waals surface area contributed by atoms with E-state index in [9.17, 15) is 0 Å². The van der Waals surface area contributed by atoms with Gasteiger partial charge in [-0.1, -0.05) is 72.6 Å². The van der Waals surface area contributed by atoms with Crippen LogP contribution in [-0.4, -0.2) is 0 Å². The molecule has 0 aromatic rings. The van der Waals surface area contributed by atoms with Crippen molar-refractivity contribution in [2.75, 3.05) is 0 Å². The second kappa shape index (κ2) is 9.55. The van der Waals surface area contributed by atoms with Gasteiger partial charge in [-0.2, -0.15) is 0 Å². The van der Waals surface area contributed by atoms with Gasteiger partial charge < -0.3 is 0 Å². The SMILES string of the molecule is [CH2]CCC(C)CC(C)CCCCCC. The zero-order valence-electron chi connectivity index (χ0n) is 10.5. The lowest BCUT2D eigenvalue weighted by Crippen LogP contribution is -2.03. The summed E-state index contributed by atoms with van der Waals surface area (Å²) in [5.74, 6) is 1.81. The molecule has 0 aliphatic heterocycles. The third-order valence-electron chi connectivity index (χ3n) is 3.05. The van der Waals surface area contributed by atoms with Crippen molar-refractivity contribution in [3.05, 3.63) is 6.92 Å². The normalized spacial score (nSPS) is 15.4. The van der Waals surface area contributed by atoms with Crippen LogP contribution < -0.4 is 0 Å². The molecular formula is C14H29. The van der Waals surface area contributed by atoms with Gasteiger partial charge in [0.05, 0.1) is 0 Å². The van der Waals surface area contributed by atoms with E-state index in [0.717, 1.165) is 18.3 Å². The highest BCUT2D eigenvalue weighted by molar-refractivity contribution is 4.61. The summed E-state index contributed by atoms with van der Waals surface area (Å²) in [6.07, 6.45) is 10.9. The molecule has 1 radical (unpaired) electrons. The Hall–Kier alpha value is 0. The molecule has 85 valence electrons. The average Bonchev–Trinajstić information content (AvgIpc) is 2.13. The fourth-order valence-corrected chi connectivity index (χ4v) is 2.19. The first kappa shape index (κ1) is 14.0. The standard InChI is InChI=1S/C14H29/c1-5-7-8-9-11-14(4)12-13(3)10-6-2/h13-14H,2,5-12H2,1,3-4H3. The van der Waals surface area contributed by atoms with Crippen LogP contribution in [-0.2, 0) is 0 Å². The van der Waals surface area contributed by atoms with Crippen LogP contribution in [0.4, 0.5) is 0 Å². The van der Waals surface area contributed by atoms with Gasteiger partial charge in [-0.3, -0.25) is 0 Å². The maximum absolute atomic E-state index is 3.92. The van der Waals surface area contributed by atoms with E-state index in [1.165, 1.54) is 44.9 Å². The first-order valence-corrected chi connectivity index (χ1v) is 6.49. The monoisotopic (exact) mass is 197 g/mol. The minimum atomic E-state index is 0.883. The molecule has 0 aromatic heterocycles. The van der Waals surface area contributed by atoms with Gasteiger partial charge in [-0.05, 0) is 18.3 Å². The van der Waals surface area contributed by atoms with Crippen LogP contribution in [0, 0.1) is 18.8 Å². The summed E-state index contributed by atoms with van der Waals surface area (Å²) in [7, 11) is 0. The topological polar surface area (TPSA) is 0 Å². The van der Waals surface area contributed by atoms with Crippen molar-refractivity contribution < 1.29 is 0 Å². The zero-order chi connectivity index (χ0) is 10.8. The smallest absolute Gasteiger partial charge is 0.0440 e. The summed E-state index contributed by atoms with van der Waals surface area (Å²) < 4.78 is 0. The lowest BCUT2D eigenvalue weighted by atomic mass is 9.90. The van der Waals surface area contributed by atoms with Crippen LogP contribution in [0.25, 0.3) is 0 Å². The third kappa shape index (κ3) is 8.59. The second-order valence-corrected chi connectivity index (χ2v) is 4.94. The molecule has 0 aliphatic carbocycles. The maximum atomic E-state index is 3.92. The molecule has 0 heterocycles. The molecule has 0 bridgehead atoms. The predicted octanol–water partition coefficient (Wildman–Crippen LogP) is 5.23. The Kier molecular flexibility index (Phi) is 9.55. The van der Waals surface area contributed by atoms with E-state index in [-0.39, 0.29) is 0 Å². The van der Waals surface area contributed by atoms with Crippen molar-refractivity contribution in [2.45, 2.75) is 72.1 Å². The van der Waals surface area contributed by atoms with Crippen LogP contribution in [0.5, 0.6) is 0 Å². The summed E-state index contributed by atoms with van der Waals surface area (Å²) >= 11 is 0. The lowest BCUT2D eigenvalue weighted by Gasteiger charge is -2.16. The van der Waals surface area contributed by atoms with Gasteiger partial charge in [-0.15, -0.1) is 0 Å². The van der Waals surface area contributed by atoms with Crippen LogP contribution in [0.3, 0.4) is 0 Å². The first-order valence-electron chi connectivity index (χ1n) is 6.49. The summed E-state index contributed by atoms with van der Waals surface area (Å²) in [5.41, 5.74) is 0. The van der Waals surface area contributed by atoms with Gasteiger partial charge in [0.15, 0.2) is 0 Å². The molecule has 0 aliphatic rings. The van der Waals surface area contributed by atoms with Crippen LogP contribution in [0.15, 0.2) is 0 Å². The average molecular weight is 197 g/mol. The Balaban J connectivity index is 3.30. The highest BCUT2D eigenvalue weighted by atomic mass is 14.1. The van der Waals surface area contributed by atoms with Crippen LogP contribution >= 0.6 is 0 Å². The molecule has 0 saturated heterocycles. The Morgan fingerprint density at radius 1 is 0.929 bits per heavy atom. The third-order valence-corrected chi connectivity index (χ3v) is 3.05. The Morgan fingerprint density at radius 2 is 1.57 bits per heavy atom. The minimum Gasteiger partial charge on any atom is -0.0654 e. The number of hydrogen-bond acceptors (Lipinski definition) is 0. The number of rotatable bonds is 9. The molecule has 0 amide bonds. The van der Waals surface area contributed by atoms with E-state index >= 15 is 0 Å². The molecule has 2 unspecified atom stereocenters. The van der Waals surface area contributed by atoms with Gasteiger partial charge in [-0.25, -0.2) is 0 Å².